The quantitative estimate of drug-likeness (QED) is 0.764. The topological polar surface area (TPSA) is 70.7 Å². The first-order chi connectivity index (χ1) is 14.9. The number of benzene rings is 1. The summed E-state index contributed by atoms with van der Waals surface area (Å²) in [5.74, 6) is 1.08. The van der Waals surface area contributed by atoms with E-state index in [1.807, 2.05) is 17.9 Å². The van der Waals surface area contributed by atoms with Crippen LogP contribution in [-0.4, -0.2) is 42.6 Å². The van der Waals surface area contributed by atoms with E-state index in [1.54, 1.807) is 0 Å². The fourth-order valence-electron chi connectivity index (χ4n) is 4.58. The van der Waals surface area contributed by atoms with Crippen LogP contribution < -0.4 is 9.88 Å². The van der Waals surface area contributed by atoms with Gasteiger partial charge in [-0.2, -0.15) is 5.26 Å². The SMILES string of the molecule is CCC(=O)N1CCN(c2[nH+]c(Cc3ccccc3)c3c(c2C#N)CC(C)(C)OC3)CC1. The van der Waals surface area contributed by atoms with Gasteiger partial charge in [0.1, 0.15) is 30.4 Å². The number of hydrogen-bond donors (Lipinski definition) is 0. The number of nitrogens with one attached hydrogen (secondary N) is 1. The largest absolute Gasteiger partial charge is 0.370 e. The maximum Gasteiger partial charge on any atom is 0.293 e. The van der Waals surface area contributed by atoms with Gasteiger partial charge >= 0.3 is 0 Å². The van der Waals surface area contributed by atoms with E-state index >= 15 is 0 Å². The third kappa shape index (κ3) is 4.42. The zero-order valence-corrected chi connectivity index (χ0v) is 18.7. The molecule has 0 aliphatic carbocycles. The molecule has 4 rings (SSSR count). The lowest BCUT2D eigenvalue weighted by Crippen LogP contribution is -2.50. The molecule has 1 saturated heterocycles. The standard InChI is InChI=1S/C25H30N4O2/c1-4-23(30)28-10-12-29(13-11-28)24-20(16-26)19-15-25(2,3)31-17-21(19)22(27-24)14-18-8-6-5-7-9-18/h5-9H,4,10-15,17H2,1-3H3/p+1. The van der Waals surface area contributed by atoms with Crippen LogP contribution in [0.4, 0.5) is 5.82 Å². The van der Waals surface area contributed by atoms with Crippen LogP contribution in [0.15, 0.2) is 30.3 Å². The Morgan fingerprint density at radius 3 is 2.52 bits per heavy atom. The van der Waals surface area contributed by atoms with Crippen LogP contribution in [0.25, 0.3) is 0 Å². The number of ether oxygens (including phenoxy) is 1. The number of pyridine rings is 1. The fraction of sp³-hybridized carbons (Fsp3) is 0.480. The number of aromatic amines is 1. The Bertz CT molecular complexity index is 1000. The Hall–Kier alpha value is -2.91. The minimum absolute atomic E-state index is 0.193. The lowest BCUT2D eigenvalue weighted by molar-refractivity contribution is -0.378. The van der Waals surface area contributed by atoms with E-state index in [-0.39, 0.29) is 11.5 Å². The molecule has 0 unspecified atom stereocenters. The van der Waals surface area contributed by atoms with E-state index in [0.717, 1.165) is 47.7 Å². The van der Waals surface area contributed by atoms with Crippen molar-refractivity contribution in [1.82, 2.24) is 4.90 Å². The Labute approximate surface area is 184 Å². The number of aromatic nitrogens is 1. The van der Waals surface area contributed by atoms with Gasteiger partial charge in [-0.1, -0.05) is 37.3 Å². The first-order valence-electron chi connectivity index (χ1n) is 11.1. The lowest BCUT2D eigenvalue weighted by atomic mass is 9.87. The highest BCUT2D eigenvalue weighted by Gasteiger charge is 2.36. The highest BCUT2D eigenvalue weighted by atomic mass is 16.5. The second-order valence-corrected chi connectivity index (χ2v) is 9.00. The molecule has 1 fully saturated rings. The molecule has 0 bridgehead atoms. The molecular formula is C25H31N4O2+. The molecular weight excluding hydrogens is 388 g/mol. The highest BCUT2D eigenvalue weighted by Crippen LogP contribution is 2.34. The van der Waals surface area contributed by atoms with Crippen molar-refractivity contribution >= 4 is 11.7 Å². The molecule has 0 atom stereocenters. The zero-order valence-electron chi connectivity index (χ0n) is 18.7. The van der Waals surface area contributed by atoms with Crippen LogP contribution >= 0.6 is 0 Å². The van der Waals surface area contributed by atoms with Gasteiger partial charge in [-0.05, 0) is 25.0 Å². The van der Waals surface area contributed by atoms with Crippen LogP contribution in [0.2, 0.25) is 0 Å². The average molecular weight is 420 g/mol. The van der Waals surface area contributed by atoms with E-state index in [1.165, 1.54) is 5.56 Å². The number of carbonyl (C=O) groups excluding carboxylic acids is 1. The summed E-state index contributed by atoms with van der Waals surface area (Å²) >= 11 is 0. The molecule has 6 heteroatoms. The molecule has 1 aromatic heterocycles. The molecule has 1 N–H and O–H groups in total. The molecule has 1 amide bonds. The van der Waals surface area contributed by atoms with Gasteiger partial charge in [-0.25, -0.2) is 4.98 Å². The molecule has 2 aliphatic heterocycles. The number of piperazine rings is 1. The van der Waals surface area contributed by atoms with Crippen molar-refractivity contribution < 1.29 is 14.5 Å². The van der Waals surface area contributed by atoms with E-state index in [9.17, 15) is 10.1 Å². The van der Waals surface area contributed by atoms with Gasteiger partial charge in [-0.15, -0.1) is 0 Å². The first kappa shape index (κ1) is 21.3. The minimum atomic E-state index is -0.298. The molecule has 162 valence electrons. The number of carbonyl (C=O) groups is 1. The summed E-state index contributed by atoms with van der Waals surface area (Å²) in [5, 5.41) is 10.1. The zero-order chi connectivity index (χ0) is 22.0. The Morgan fingerprint density at radius 2 is 1.87 bits per heavy atom. The number of fused-ring (bicyclic) bond motifs is 1. The van der Waals surface area contributed by atoms with Crippen molar-refractivity contribution in [3.05, 3.63) is 58.3 Å². The molecule has 6 nitrogen and oxygen atoms in total. The Balaban J connectivity index is 1.73. The summed E-state index contributed by atoms with van der Waals surface area (Å²) in [6.45, 7) is 9.39. The van der Waals surface area contributed by atoms with E-state index in [4.69, 9.17) is 4.74 Å². The fourth-order valence-corrected chi connectivity index (χ4v) is 4.58. The average Bonchev–Trinajstić information content (AvgIpc) is 2.78. The van der Waals surface area contributed by atoms with E-state index in [0.29, 0.717) is 32.5 Å². The van der Waals surface area contributed by atoms with Gasteiger partial charge in [-0.3, -0.25) is 9.69 Å². The number of rotatable bonds is 4. The van der Waals surface area contributed by atoms with Crippen molar-refractivity contribution in [3.8, 4) is 6.07 Å². The highest BCUT2D eigenvalue weighted by molar-refractivity contribution is 5.76. The van der Waals surface area contributed by atoms with Crippen molar-refractivity contribution in [2.24, 2.45) is 0 Å². The number of anilines is 1. The van der Waals surface area contributed by atoms with Crippen molar-refractivity contribution in [1.29, 1.82) is 5.26 Å². The summed E-state index contributed by atoms with van der Waals surface area (Å²) in [7, 11) is 0. The van der Waals surface area contributed by atoms with Gasteiger partial charge in [0, 0.05) is 24.8 Å². The van der Waals surface area contributed by atoms with Crippen LogP contribution in [0.3, 0.4) is 0 Å². The van der Waals surface area contributed by atoms with Crippen LogP contribution in [0.5, 0.6) is 0 Å². The van der Waals surface area contributed by atoms with E-state index in [2.05, 4.69) is 54.1 Å². The minimum Gasteiger partial charge on any atom is -0.370 e. The maximum atomic E-state index is 12.1. The Kier molecular flexibility index (Phi) is 5.97. The van der Waals surface area contributed by atoms with Gasteiger partial charge < -0.3 is 9.64 Å². The Morgan fingerprint density at radius 1 is 1.16 bits per heavy atom. The molecule has 31 heavy (non-hydrogen) atoms. The van der Waals surface area contributed by atoms with Gasteiger partial charge in [0.05, 0.1) is 25.3 Å². The van der Waals surface area contributed by atoms with Crippen molar-refractivity contribution in [2.75, 3.05) is 31.1 Å². The van der Waals surface area contributed by atoms with Crippen molar-refractivity contribution in [3.63, 3.8) is 0 Å². The molecule has 1 aromatic carbocycles. The summed E-state index contributed by atoms with van der Waals surface area (Å²) in [4.78, 5) is 19.9. The first-order valence-corrected chi connectivity index (χ1v) is 11.1. The van der Waals surface area contributed by atoms with Crippen LogP contribution in [-0.2, 0) is 29.0 Å². The molecule has 0 spiro atoms. The van der Waals surface area contributed by atoms with E-state index < -0.39 is 0 Å². The van der Waals surface area contributed by atoms with Crippen LogP contribution in [0, 0.1) is 11.3 Å². The molecule has 2 aromatic rings. The smallest absolute Gasteiger partial charge is 0.293 e. The normalized spacial score (nSPS) is 17.7. The van der Waals surface area contributed by atoms with Gasteiger partial charge in [0.2, 0.25) is 5.91 Å². The number of hydrogen-bond acceptors (Lipinski definition) is 4. The molecule has 0 radical (unpaired) electrons. The maximum absolute atomic E-state index is 12.1. The summed E-state index contributed by atoms with van der Waals surface area (Å²) < 4.78 is 6.12. The lowest BCUT2D eigenvalue weighted by Gasteiger charge is -2.35. The second-order valence-electron chi connectivity index (χ2n) is 9.00. The molecule has 3 heterocycles. The monoisotopic (exact) mass is 419 g/mol. The summed E-state index contributed by atoms with van der Waals surface area (Å²) in [6.07, 6.45) is 2.01. The number of H-pyrrole nitrogens is 1. The predicted octanol–water partition coefficient (Wildman–Crippen LogP) is 2.87. The number of amides is 1. The van der Waals surface area contributed by atoms with Crippen molar-refractivity contribution in [2.45, 2.75) is 52.2 Å². The third-order valence-electron chi connectivity index (χ3n) is 6.33. The third-order valence-corrected chi connectivity index (χ3v) is 6.33. The van der Waals surface area contributed by atoms with Gasteiger partial charge in [0.15, 0.2) is 0 Å². The molecule has 2 aliphatic rings. The number of nitrogens with zero attached hydrogens (tertiary/aromatic N) is 3. The van der Waals surface area contributed by atoms with Gasteiger partial charge in [0.25, 0.3) is 5.82 Å². The summed E-state index contributed by atoms with van der Waals surface area (Å²) in [6, 6.07) is 12.9. The van der Waals surface area contributed by atoms with Crippen LogP contribution in [0.1, 0.15) is 55.1 Å². The second kappa shape index (κ2) is 8.68. The predicted molar refractivity (Wildman–Crippen MR) is 119 cm³/mol. The number of nitriles is 1. The molecule has 0 saturated carbocycles. The summed E-state index contributed by atoms with van der Waals surface area (Å²) in [5.41, 5.74) is 4.97.